The number of guanidine groups is 1. The summed E-state index contributed by atoms with van der Waals surface area (Å²) >= 11 is 0. The maximum atomic E-state index is 5.41. The Bertz CT molecular complexity index is 760. The van der Waals surface area contributed by atoms with Crippen LogP contribution in [0.15, 0.2) is 29.5 Å². The Balaban J connectivity index is 0.00000364. The zero-order chi connectivity index (χ0) is 19.2. The van der Waals surface area contributed by atoms with E-state index >= 15 is 0 Å². The number of nitrogens with zero attached hydrogens (tertiary/aromatic N) is 4. The second-order valence-corrected chi connectivity index (χ2v) is 6.53. The zero-order valence-electron chi connectivity index (χ0n) is 16.7. The molecule has 0 aliphatic heterocycles. The Hall–Kier alpha value is -2.04. The van der Waals surface area contributed by atoms with Crippen molar-refractivity contribution in [1.29, 1.82) is 0 Å². The number of ether oxygens (including phenoxy) is 2. The number of methoxy groups -OCH3 is 2. The molecule has 1 heterocycles. The van der Waals surface area contributed by atoms with E-state index < -0.39 is 0 Å². The summed E-state index contributed by atoms with van der Waals surface area (Å²) in [6.45, 7) is 5.57. The van der Waals surface area contributed by atoms with Crippen LogP contribution in [-0.2, 0) is 19.0 Å². The van der Waals surface area contributed by atoms with Crippen molar-refractivity contribution in [1.82, 2.24) is 25.4 Å². The third kappa shape index (κ3) is 5.98. The summed E-state index contributed by atoms with van der Waals surface area (Å²) in [6, 6.07) is 5.99. The summed E-state index contributed by atoms with van der Waals surface area (Å²) in [5, 5.41) is 10.7. The fourth-order valence-corrected chi connectivity index (χ4v) is 2.53. The van der Waals surface area contributed by atoms with Gasteiger partial charge in [0.2, 0.25) is 0 Å². The number of halogens is 1. The van der Waals surface area contributed by atoms with Crippen molar-refractivity contribution < 1.29 is 9.47 Å². The molecule has 0 radical (unpaired) electrons. The number of aliphatic imine (C=N–C) groups is 1. The van der Waals surface area contributed by atoms with Gasteiger partial charge in [0.15, 0.2) is 17.5 Å². The largest absolute Gasteiger partial charge is 0.493 e. The molecule has 1 aromatic heterocycles. The lowest BCUT2D eigenvalue weighted by Crippen LogP contribution is -2.43. The molecule has 0 unspecified atom stereocenters. The molecule has 0 saturated carbocycles. The smallest absolute Gasteiger partial charge is 0.191 e. The Morgan fingerprint density at radius 3 is 2.44 bits per heavy atom. The average Bonchev–Trinajstić information content (AvgIpc) is 3.06. The molecule has 0 amide bonds. The van der Waals surface area contributed by atoms with E-state index in [0.717, 1.165) is 22.9 Å². The van der Waals surface area contributed by atoms with Crippen LogP contribution < -0.4 is 20.1 Å². The summed E-state index contributed by atoms with van der Waals surface area (Å²) < 4.78 is 12.5. The van der Waals surface area contributed by atoms with Crippen LogP contribution in [0.4, 0.5) is 0 Å². The second kappa shape index (κ2) is 10.3. The first-order valence-corrected chi connectivity index (χ1v) is 8.41. The van der Waals surface area contributed by atoms with Gasteiger partial charge in [-0.15, -0.1) is 24.0 Å². The molecule has 0 bridgehead atoms. The van der Waals surface area contributed by atoms with Crippen LogP contribution in [0.5, 0.6) is 11.5 Å². The molecular weight excluding hydrogens is 459 g/mol. The van der Waals surface area contributed by atoms with Crippen LogP contribution in [0.3, 0.4) is 0 Å². The zero-order valence-corrected chi connectivity index (χ0v) is 19.1. The highest BCUT2D eigenvalue weighted by Gasteiger charge is 2.22. The molecule has 1 aromatic carbocycles. The minimum absolute atomic E-state index is 0. The van der Waals surface area contributed by atoms with Gasteiger partial charge in [-0.1, -0.05) is 19.9 Å². The van der Waals surface area contributed by atoms with Gasteiger partial charge in [0.25, 0.3) is 0 Å². The Kier molecular flexibility index (Phi) is 8.80. The number of nitrogens with one attached hydrogen (secondary N) is 2. The molecule has 0 atom stereocenters. The monoisotopic (exact) mass is 488 g/mol. The van der Waals surface area contributed by atoms with Crippen molar-refractivity contribution in [2.24, 2.45) is 12.0 Å². The van der Waals surface area contributed by atoms with Crippen LogP contribution in [-0.4, -0.2) is 48.5 Å². The molecule has 0 saturated heterocycles. The lowest BCUT2D eigenvalue weighted by atomic mass is 9.84. The number of aryl methyl sites for hydroxylation is 1. The second-order valence-electron chi connectivity index (χ2n) is 6.53. The molecule has 0 aliphatic carbocycles. The van der Waals surface area contributed by atoms with Gasteiger partial charge in [-0.25, -0.2) is 4.98 Å². The van der Waals surface area contributed by atoms with Crippen molar-refractivity contribution in [3.63, 3.8) is 0 Å². The van der Waals surface area contributed by atoms with E-state index in [1.54, 1.807) is 25.9 Å². The predicted octanol–water partition coefficient (Wildman–Crippen LogP) is 2.09. The third-order valence-electron chi connectivity index (χ3n) is 4.31. The van der Waals surface area contributed by atoms with Crippen molar-refractivity contribution in [2.75, 3.05) is 27.8 Å². The quantitative estimate of drug-likeness (QED) is 0.353. The molecule has 150 valence electrons. The van der Waals surface area contributed by atoms with Gasteiger partial charge in [-0.3, -0.25) is 9.67 Å². The summed E-state index contributed by atoms with van der Waals surface area (Å²) in [6.07, 6.45) is 1.54. The summed E-state index contributed by atoms with van der Waals surface area (Å²) in [5.74, 6) is 3.00. The minimum Gasteiger partial charge on any atom is -0.493 e. The maximum Gasteiger partial charge on any atom is 0.191 e. The van der Waals surface area contributed by atoms with Gasteiger partial charge < -0.3 is 20.1 Å². The van der Waals surface area contributed by atoms with Gasteiger partial charge in [-0.2, -0.15) is 5.10 Å². The fraction of sp³-hybridized carbons (Fsp3) is 0.500. The van der Waals surface area contributed by atoms with Gasteiger partial charge in [0.1, 0.15) is 12.2 Å². The SMILES string of the molecule is CN=C(NCc1ncnn1C)NCC(C)(C)c1ccc(OC)c(OC)c1.I. The normalized spacial score (nSPS) is 11.6. The highest BCUT2D eigenvalue weighted by atomic mass is 127. The average molecular weight is 488 g/mol. The number of benzene rings is 1. The van der Waals surface area contributed by atoms with E-state index in [-0.39, 0.29) is 29.4 Å². The topological polar surface area (TPSA) is 85.6 Å². The molecule has 2 aromatic rings. The number of hydrogen-bond acceptors (Lipinski definition) is 5. The Morgan fingerprint density at radius 1 is 1.19 bits per heavy atom. The first kappa shape index (κ1) is 23.0. The third-order valence-corrected chi connectivity index (χ3v) is 4.31. The summed E-state index contributed by atoms with van der Waals surface area (Å²) in [5.41, 5.74) is 1.01. The van der Waals surface area contributed by atoms with E-state index in [2.05, 4.69) is 45.6 Å². The maximum absolute atomic E-state index is 5.41. The molecule has 8 nitrogen and oxygen atoms in total. The standard InChI is InChI=1S/C18H28N6O2.HI/c1-18(2,13-7-8-14(25-5)15(9-13)26-6)11-21-17(19-3)20-10-16-22-12-23-24(16)4;/h7-9,12H,10-11H2,1-6H3,(H2,19,20,21);1H. The number of hydrogen-bond donors (Lipinski definition) is 2. The Labute approximate surface area is 177 Å². The van der Waals surface area contributed by atoms with Crippen molar-refractivity contribution in [2.45, 2.75) is 25.8 Å². The van der Waals surface area contributed by atoms with Gasteiger partial charge in [0, 0.05) is 26.1 Å². The summed E-state index contributed by atoms with van der Waals surface area (Å²) in [7, 11) is 6.89. The van der Waals surface area contributed by atoms with Crippen molar-refractivity contribution >= 4 is 29.9 Å². The highest BCUT2D eigenvalue weighted by Crippen LogP contribution is 2.32. The lowest BCUT2D eigenvalue weighted by molar-refractivity contribution is 0.353. The Morgan fingerprint density at radius 2 is 1.89 bits per heavy atom. The first-order chi connectivity index (χ1) is 12.4. The molecule has 2 rings (SSSR count). The van der Waals surface area contributed by atoms with Crippen LogP contribution in [0, 0.1) is 0 Å². The highest BCUT2D eigenvalue weighted by molar-refractivity contribution is 14.0. The predicted molar refractivity (Wildman–Crippen MR) is 117 cm³/mol. The van der Waals surface area contributed by atoms with Crippen LogP contribution in [0.2, 0.25) is 0 Å². The lowest BCUT2D eigenvalue weighted by Gasteiger charge is -2.27. The molecular formula is C18H29IN6O2. The molecule has 0 spiro atoms. The van der Waals surface area contributed by atoms with Crippen molar-refractivity contribution in [3.8, 4) is 11.5 Å². The molecule has 2 N–H and O–H groups in total. The molecule has 9 heteroatoms. The van der Waals surface area contributed by atoms with Gasteiger partial charge in [-0.05, 0) is 17.7 Å². The van der Waals surface area contributed by atoms with Crippen LogP contribution in [0.1, 0.15) is 25.2 Å². The number of rotatable bonds is 7. The number of aromatic nitrogens is 3. The van der Waals surface area contributed by atoms with E-state index in [1.807, 2.05) is 19.2 Å². The first-order valence-electron chi connectivity index (χ1n) is 8.41. The van der Waals surface area contributed by atoms with Crippen LogP contribution in [0.25, 0.3) is 0 Å². The van der Waals surface area contributed by atoms with Gasteiger partial charge in [0.05, 0.1) is 20.8 Å². The van der Waals surface area contributed by atoms with E-state index in [1.165, 1.54) is 6.33 Å². The van der Waals surface area contributed by atoms with E-state index in [4.69, 9.17) is 9.47 Å². The minimum atomic E-state index is -0.137. The molecule has 0 aliphatic rings. The summed E-state index contributed by atoms with van der Waals surface area (Å²) in [4.78, 5) is 8.46. The van der Waals surface area contributed by atoms with Crippen molar-refractivity contribution in [3.05, 3.63) is 35.9 Å². The fourth-order valence-electron chi connectivity index (χ4n) is 2.53. The molecule has 0 fully saturated rings. The van der Waals surface area contributed by atoms with Gasteiger partial charge >= 0.3 is 0 Å². The van der Waals surface area contributed by atoms with E-state index in [9.17, 15) is 0 Å². The molecule has 27 heavy (non-hydrogen) atoms. The van der Waals surface area contributed by atoms with Crippen LogP contribution >= 0.6 is 24.0 Å². The van der Waals surface area contributed by atoms with E-state index in [0.29, 0.717) is 19.0 Å².